The summed E-state index contributed by atoms with van der Waals surface area (Å²) in [5.74, 6) is -1.06. The summed E-state index contributed by atoms with van der Waals surface area (Å²) >= 11 is 0. The van der Waals surface area contributed by atoms with Gasteiger partial charge in [0.25, 0.3) is 0 Å². The first-order valence-corrected chi connectivity index (χ1v) is 12.5. The Morgan fingerprint density at radius 1 is 0.947 bits per heavy atom. The third kappa shape index (κ3) is 4.37. The van der Waals surface area contributed by atoms with Crippen LogP contribution in [-0.4, -0.2) is 27.9 Å². The van der Waals surface area contributed by atoms with Crippen molar-refractivity contribution in [1.82, 2.24) is 4.90 Å². The third-order valence-corrected chi connectivity index (χ3v) is 7.34. The predicted octanol–water partition coefficient (Wildman–Crippen LogP) is 6.84. The van der Waals surface area contributed by atoms with Gasteiger partial charge in [-0.3, -0.25) is 19.7 Å². The highest BCUT2D eigenvalue weighted by molar-refractivity contribution is 6.06. The molecule has 0 saturated heterocycles. The summed E-state index contributed by atoms with van der Waals surface area (Å²) in [6, 6.07) is 8.68. The van der Waals surface area contributed by atoms with Crippen LogP contribution in [-0.2, 0) is 15.8 Å². The number of Topliss-reactive ketones (excluding diaryl/α,β-unsaturated/α-hetero) is 2. The second-order valence-corrected chi connectivity index (χ2v) is 9.53. The molecular weight excluding hydrogens is 501 g/mol. The average molecular weight is 527 g/mol. The summed E-state index contributed by atoms with van der Waals surface area (Å²) < 4.78 is 45.5. The van der Waals surface area contributed by atoms with Gasteiger partial charge in [0.1, 0.15) is 5.75 Å². The van der Waals surface area contributed by atoms with Gasteiger partial charge in [-0.25, -0.2) is 0 Å². The minimum absolute atomic E-state index is 0.0602. The van der Waals surface area contributed by atoms with Crippen molar-refractivity contribution >= 4 is 17.3 Å². The second kappa shape index (κ2) is 9.74. The van der Waals surface area contributed by atoms with Crippen molar-refractivity contribution in [3.63, 3.8) is 0 Å². The van der Waals surface area contributed by atoms with Gasteiger partial charge in [-0.1, -0.05) is 18.2 Å². The van der Waals surface area contributed by atoms with Gasteiger partial charge in [0.05, 0.1) is 10.5 Å². The number of carbonyl (C=O) groups is 2. The number of benzene rings is 2. The zero-order chi connectivity index (χ0) is 27.2. The van der Waals surface area contributed by atoms with Crippen LogP contribution in [0, 0.1) is 10.1 Å². The number of allylic oxidation sites excluding steroid dienone is 4. The number of halogens is 3. The van der Waals surface area contributed by atoms with Crippen molar-refractivity contribution in [2.24, 2.45) is 0 Å². The number of nitrogens with zero attached hydrogens (tertiary/aromatic N) is 2. The number of carbonyl (C=O) groups excluding carboxylic acids is 2. The van der Waals surface area contributed by atoms with Gasteiger partial charge in [0.15, 0.2) is 11.6 Å². The predicted molar refractivity (Wildman–Crippen MR) is 132 cm³/mol. The SMILES string of the molecule is CCN1C2=C(C(=O)CCC2)C(c2ccccc2Oc2ccc(C(F)(F)F)cc2[N+](=O)[O-])C2=C1CCCC2=O. The van der Waals surface area contributed by atoms with Gasteiger partial charge in [-0.15, -0.1) is 0 Å². The van der Waals surface area contributed by atoms with Gasteiger partial charge >= 0.3 is 11.9 Å². The van der Waals surface area contributed by atoms with E-state index >= 15 is 0 Å². The Bertz CT molecular complexity index is 1370. The lowest BCUT2D eigenvalue weighted by Crippen LogP contribution is -2.39. The maximum Gasteiger partial charge on any atom is 0.416 e. The molecule has 1 heterocycles. The van der Waals surface area contributed by atoms with E-state index in [-0.39, 0.29) is 23.1 Å². The molecule has 10 heteroatoms. The van der Waals surface area contributed by atoms with Crippen LogP contribution in [0.1, 0.15) is 62.5 Å². The zero-order valence-electron chi connectivity index (χ0n) is 20.6. The van der Waals surface area contributed by atoms with E-state index < -0.39 is 28.3 Å². The smallest absolute Gasteiger partial charge is 0.416 e. The van der Waals surface area contributed by atoms with Gasteiger partial charge < -0.3 is 9.64 Å². The van der Waals surface area contributed by atoms with Crippen LogP contribution in [0.3, 0.4) is 0 Å². The molecular formula is C28H25F3N2O5. The number of ether oxygens (including phenoxy) is 1. The molecule has 0 N–H and O–H groups in total. The largest absolute Gasteiger partial charge is 0.450 e. The van der Waals surface area contributed by atoms with Crippen molar-refractivity contribution in [2.75, 3.05) is 6.54 Å². The standard InChI is InChI=1S/C28H25F3N2O5/c1-2-32-18-8-5-10-21(34)26(18)25(27-19(32)9-6-11-22(27)35)17-7-3-4-12-23(17)38-24-14-13-16(28(29,30)31)15-20(24)33(36)37/h3-4,7,12-15,25H,2,5-6,8-11H2,1H3. The molecule has 0 fully saturated rings. The van der Waals surface area contributed by atoms with Crippen LogP contribution in [0.5, 0.6) is 11.5 Å². The fourth-order valence-electron chi connectivity index (χ4n) is 5.76. The third-order valence-electron chi connectivity index (χ3n) is 7.34. The van der Waals surface area contributed by atoms with Crippen LogP contribution < -0.4 is 4.74 Å². The Balaban J connectivity index is 1.67. The molecule has 38 heavy (non-hydrogen) atoms. The van der Waals surface area contributed by atoms with E-state index in [1.54, 1.807) is 24.3 Å². The fourth-order valence-corrected chi connectivity index (χ4v) is 5.76. The Kier molecular flexibility index (Phi) is 6.58. The number of hydrogen-bond acceptors (Lipinski definition) is 6. The van der Waals surface area contributed by atoms with Crippen LogP contribution in [0.4, 0.5) is 18.9 Å². The number of nitro benzene ring substituents is 1. The second-order valence-electron chi connectivity index (χ2n) is 9.53. The monoisotopic (exact) mass is 526 g/mol. The van der Waals surface area contributed by atoms with Crippen LogP contribution >= 0.6 is 0 Å². The summed E-state index contributed by atoms with van der Waals surface area (Å²) in [6.45, 7) is 2.59. The van der Waals surface area contributed by atoms with Gasteiger partial charge in [0, 0.05) is 59.5 Å². The van der Waals surface area contributed by atoms with E-state index in [9.17, 15) is 32.9 Å². The van der Waals surface area contributed by atoms with Crippen molar-refractivity contribution in [2.45, 2.75) is 57.5 Å². The van der Waals surface area contributed by atoms with Gasteiger partial charge in [-0.2, -0.15) is 13.2 Å². The van der Waals surface area contributed by atoms with E-state index in [0.717, 1.165) is 23.5 Å². The summed E-state index contributed by atoms with van der Waals surface area (Å²) in [5, 5.41) is 11.7. The summed E-state index contributed by atoms with van der Waals surface area (Å²) in [6.07, 6.45) is -1.30. The molecule has 0 bridgehead atoms. The molecule has 0 unspecified atom stereocenters. The number of nitro groups is 1. The molecule has 5 rings (SSSR count). The molecule has 7 nitrogen and oxygen atoms in total. The molecule has 3 aliphatic rings. The first kappa shape index (κ1) is 25.7. The highest BCUT2D eigenvalue weighted by atomic mass is 19.4. The van der Waals surface area contributed by atoms with E-state index in [1.807, 2.05) is 6.92 Å². The number of ketones is 2. The summed E-state index contributed by atoms with van der Waals surface area (Å²) in [5.41, 5.74) is 1.31. The minimum Gasteiger partial charge on any atom is -0.450 e. The molecule has 0 radical (unpaired) electrons. The highest BCUT2D eigenvalue weighted by Gasteiger charge is 2.44. The van der Waals surface area contributed by atoms with Crippen molar-refractivity contribution in [1.29, 1.82) is 0 Å². The summed E-state index contributed by atoms with van der Waals surface area (Å²) in [4.78, 5) is 39.5. The normalized spacial score (nSPS) is 18.5. The van der Waals surface area contributed by atoms with Crippen molar-refractivity contribution in [3.05, 3.63) is 86.2 Å². The highest BCUT2D eigenvalue weighted by Crippen LogP contribution is 2.51. The first-order chi connectivity index (χ1) is 18.1. The Morgan fingerprint density at radius 3 is 2.11 bits per heavy atom. The Morgan fingerprint density at radius 2 is 1.55 bits per heavy atom. The molecule has 0 amide bonds. The minimum atomic E-state index is -4.76. The number of rotatable bonds is 5. The van der Waals surface area contributed by atoms with Crippen LogP contribution in [0.15, 0.2) is 65.0 Å². The van der Waals surface area contributed by atoms with E-state index in [1.165, 1.54) is 0 Å². The molecule has 198 valence electrons. The molecule has 1 aliphatic heterocycles. The number of para-hydroxylation sites is 1. The van der Waals surface area contributed by atoms with E-state index in [4.69, 9.17) is 4.74 Å². The maximum absolute atomic E-state index is 13.3. The Hall–Kier alpha value is -3.95. The molecule has 0 aromatic heterocycles. The van der Waals surface area contributed by atoms with E-state index in [2.05, 4.69) is 4.90 Å². The maximum atomic E-state index is 13.3. The summed E-state index contributed by atoms with van der Waals surface area (Å²) in [7, 11) is 0. The van der Waals surface area contributed by atoms with Crippen LogP contribution in [0.2, 0.25) is 0 Å². The molecule has 2 aliphatic carbocycles. The molecule has 2 aromatic rings. The quantitative estimate of drug-likeness (QED) is 0.313. The van der Waals surface area contributed by atoms with Gasteiger partial charge in [-0.05, 0) is 50.8 Å². The topological polar surface area (TPSA) is 89.8 Å². The van der Waals surface area contributed by atoms with Crippen molar-refractivity contribution in [3.8, 4) is 11.5 Å². The molecule has 0 atom stereocenters. The number of alkyl halides is 3. The van der Waals surface area contributed by atoms with Crippen molar-refractivity contribution < 1.29 is 32.4 Å². The lowest BCUT2D eigenvalue weighted by atomic mass is 9.70. The molecule has 0 saturated carbocycles. The molecule has 2 aromatic carbocycles. The van der Waals surface area contributed by atoms with Gasteiger partial charge in [0.2, 0.25) is 5.75 Å². The lowest BCUT2D eigenvalue weighted by Gasteiger charge is -2.43. The first-order valence-electron chi connectivity index (χ1n) is 12.5. The van der Waals surface area contributed by atoms with Crippen LogP contribution in [0.25, 0.3) is 0 Å². The zero-order valence-corrected chi connectivity index (χ0v) is 20.6. The lowest BCUT2D eigenvalue weighted by molar-refractivity contribution is -0.385. The van der Waals surface area contributed by atoms with E-state index in [0.29, 0.717) is 67.8 Å². The average Bonchev–Trinajstić information content (AvgIpc) is 2.88. The number of hydrogen-bond donors (Lipinski definition) is 0. The fraction of sp³-hybridized carbons (Fsp3) is 0.357. The molecule has 0 spiro atoms. The Labute approximate surface area is 216 Å².